The average Bonchev–Trinajstić information content (AvgIpc) is 3.36. The molecular formula is C19H22ClN3S2. The molecule has 4 rings (SSSR count). The van der Waals surface area contributed by atoms with Gasteiger partial charge in [-0.2, -0.15) is 11.3 Å². The van der Waals surface area contributed by atoms with Gasteiger partial charge in [0.25, 0.3) is 0 Å². The number of rotatable bonds is 5. The molecule has 0 amide bonds. The van der Waals surface area contributed by atoms with Gasteiger partial charge in [-0.15, -0.1) is 23.7 Å². The van der Waals surface area contributed by atoms with Gasteiger partial charge in [-0.1, -0.05) is 30.3 Å². The Morgan fingerprint density at radius 2 is 1.96 bits per heavy atom. The topological polar surface area (TPSA) is 42.1 Å². The van der Waals surface area contributed by atoms with Crippen molar-refractivity contribution in [1.29, 1.82) is 0 Å². The molecule has 1 aromatic carbocycles. The Labute approximate surface area is 162 Å². The first kappa shape index (κ1) is 18.5. The summed E-state index contributed by atoms with van der Waals surface area (Å²) < 4.78 is 0. The van der Waals surface area contributed by atoms with E-state index in [1.54, 1.807) is 22.7 Å². The maximum Gasteiger partial charge on any atom is 0.124 e. The molecule has 0 saturated carbocycles. The minimum absolute atomic E-state index is 0. The zero-order valence-electron chi connectivity index (χ0n) is 13.9. The highest BCUT2D eigenvalue weighted by Gasteiger charge is 2.32. The molecule has 0 unspecified atom stereocenters. The number of thiophene rings is 1. The number of nitrogens with two attached hydrogens (primary N) is 1. The fourth-order valence-electron chi connectivity index (χ4n) is 3.53. The minimum Gasteiger partial charge on any atom is -0.330 e. The Balaban J connectivity index is 0.00000182. The van der Waals surface area contributed by atoms with Gasteiger partial charge in [-0.25, -0.2) is 4.98 Å². The summed E-state index contributed by atoms with van der Waals surface area (Å²) in [5, 5.41) is 7.59. The fourth-order valence-corrected chi connectivity index (χ4v) is 5.06. The van der Waals surface area contributed by atoms with E-state index < -0.39 is 0 Å². The molecule has 1 aliphatic rings. The Morgan fingerprint density at radius 3 is 2.68 bits per heavy atom. The SMILES string of the molecule is Cl.NC[C@@H]1CN(Cc2csc(-c3ccsc3)n2)C[C@H]1c1ccccc1. The van der Waals surface area contributed by atoms with Crippen LogP contribution in [0.4, 0.5) is 0 Å². The molecule has 2 atom stereocenters. The van der Waals surface area contributed by atoms with Gasteiger partial charge >= 0.3 is 0 Å². The lowest BCUT2D eigenvalue weighted by Gasteiger charge is -2.16. The van der Waals surface area contributed by atoms with Crippen LogP contribution in [0.15, 0.2) is 52.5 Å². The monoisotopic (exact) mass is 391 g/mol. The van der Waals surface area contributed by atoms with Gasteiger partial charge in [0.2, 0.25) is 0 Å². The van der Waals surface area contributed by atoms with Gasteiger partial charge < -0.3 is 5.73 Å². The second-order valence-corrected chi connectivity index (χ2v) is 8.00. The number of benzene rings is 1. The van der Waals surface area contributed by atoms with Crippen LogP contribution in [0.1, 0.15) is 17.2 Å². The highest BCUT2D eigenvalue weighted by atomic mass is 35.5. The lowest BCUT2D eigenvalue weighted by molar-refractivity contribution is 0.314. The number of hydrogen-bond acceptors (Lipinski definition) is 5. The number of halogens is 1. The van der Waals surface area contributed by atoms with Gasteiger partial charge in [0, 0.05) is 41.9 Å². The van der Waals surface area contributed by atoms with E-state index in [0.717, 1.165) is 31.2 Å². The molecule has 3 heterocycles. The average molecular weight is 392 g/mol. The summed E-state index contributed by atoms with van der Waals surface area (Å²) >= 11 is 3.46. The standard InChI is InChI=1S/C19H21N3S2.ClH/c20-8-16-9-22(11-18(16)14-4-2-1-3-5-14)10-17-13-24-19(21-17)15-6-7-23-12-15;/h1-7,12-13,16,18H,8-11,20H2;1H/t16-,18+;/m1./s1. The van der Waals surface area contributed by atoms with Gasteiger partial charge in [0.15, 0.2) is 0 Å². The molecule has 3 nitrogen and oxygen atoms in total. The van der Waals surface area contributed by atoms with Crippen LogP contribution in [0, 0.1) is 5.92 Å². The molecule has 0 bridgehead atoms. The smallest absolute Gasteiger partial charge is 0.124 e. The van der Waals surface area contributed by atoms with Crippen LogP contribution in [0.5, 0.6) is 0 Å². The second kappa shape index (κ2) is 8.43. The number of hydrogen-bond donors (Lipinski definition) is 1. The van der Waals surface area contributed by atoms with E-state index in [1.807, 2.05) is 0 Å². The van der Waals surface area contributed by atoms with E-state index in [4.69, 9.17) is 10.7 Å². The number of likely N-dealkylation sites (tertiary alicyclic amines) is 1. The Hall–Kier alpha value is -1.24. The molecule has 1 aliphatic heterocycles. The summed E-state index contributed by atoms with van der Waals surface area (Å²) in [6, 6.07) is 12.9. The maximum atomic E-state index is 6.05. The van der Waals surface area contributed by atoms with Crippen molar-refractivity contribution >= 4 is 35.1 Å². The molecule has 1 saturated heterocycles. The van der Waals surface area contributed by atoms with Crippen LogP contribution in [0.3, 0.4) is 0 Å². The van der Waals surface area contributed by atoms with Crippen molar-refractivity contribution in [3.8, 4) is 10.6 Å². The van der Waals surface area contributed by atoms with E-state index in [2.05, 4.69) is 57.4 Å². The predicted molar refractivity (Wildman–Crippen MR) is 110 cm³/mol. The third-order valence-electron chi connectivity index (χ3n) is 4.75. The molecule has 2 N–H and O–H groups in total. The van der Waals surface area contributed by atoms with E-state index in [1.165, 1.54) is 16.8 Å². The zero-order valence-corrected chi connectivity index (χ0v) is 16.3. The van der Waals surface area contributed by atoms with Crippen molar-refractivity contribution in [2.45, 2.75) is 12.5 Å². The summed E-state index contributed by atoms with van der Waals surface area (Å²) in [4.78, 5) is 7.32. The molecule has 6 heteroatoms. The predicted octanol–water partition coefficient (Wildman–Crippen LogP) is 4.47. The van der Waals surface area contributed by atoms with Crippen molar-refractivity contribution in [1.82, 2.24) is 9.88 Å². The molecule has 0 spiro atoms. The first-order valence-corrected chi connectivity index (χ1v) is 10.1. The number of thiazole rings is 1. The molecular weight excluding hydrogens is 370 g/mol. The highest BCUT2D eigenvalue weighted by Crippen LogP contribution is 2.33. The summed E-state index contributed by atoms with van der Waals surface area (Å²) in [6.45, 7) is 3.78. The minimum atomic E-state index is 0. The van der Waals surface area contributed by atoms with E-state index in [9.17, 15) is 0 Å². The van der Waals surface area contributed by atoms with Gasteiger partial charge in [0.05, 0.1) is 5.69 Å². The lowest BCUT2D eigenvalue weighted by Crippen LogP contribution is -2.23. The van der Waals surface area contributed by atoms with Crippen molar-refractivity contribution in [3.63, 3.8) is 0 Å². The van der Waals surface area contributed by atoms with E-state index in [-0.39, 0.29) is 12.4 Å². The Morgan fingerprint density at radius 1 is 1.12 bits per heavy atom. The summed E-state index contributed by atoms with van der Waals surface area (Å²) in [7, 11) is 0. The molecule has 2 aromatic heterocycles. The van der Waals surface area contributed by atoms with Crippen molar-refractivity contribution in [2.75, 3.05) is 19.6 Å². The van der Waals surface area contributed by atoms with Gasteiger partial charge in [-0.3, -0.25) is 4.90 Å². The van der Waals surface area contributed by atoms with E-state index >= 15 is 0 Å². The first-order valence-electron chi connectivity index (χ1n) is 8.28. The van der Waals surface area contributed by atoms with Gasteiger partial charge in [0.1, 0.15) is 5.01 Å². The molecule has 25 heavy (non-hydrogen) atoms. The molecule has 1 fully saturated rings. The van der Waals surface area contributed by atoms with Gasteiger partial charge in [-0.05, 0) is 29.5 Å². The summed E-state index contributed by atoms with van der Waals surface area (Å²) in [6.07, 6.45) is 0. The van der Waals surface area contributed by atoms with Crippen LogP contribution in [-0.4, -0.2) is 29.5 Å². The maximum absolute atomic E-state index is 6.05. The third kappa shape index (κ3) is 4.13. The van der Waals surface area contributed by atoms with Crippen LogP contribution in [0.25, 0.3) is 10.6 Å². The summed E-state index contributed by atoms with van der Waals surface area (Å²) in [5.74, 6) is 1.06. The van der Waals surface area contributed by atoms with Crippen LogP contribution < -0.4 is 5.73 Å². The molecule has 0 radical (unpaired) electrons. The summed E-state index contributed by atoms with van der Waals surface area (Å²) in [5.41, 5.74) is 9.86. The highest BCUT2D eigenvalue weighted by molar-refractivity contribution is 7.14. The molecule has 0 aliphatic carbocycles. The fraction of sp³-hybridized carbons (Fsp3) is 0.316. The van der Waals surface area contributed by atoms with Crippen molar-refractivity contribution < 1.29 is 0 Å². The van der Waals surface area contributed by atoms with Crippen LogP contribution >= 0.6 is 35.1 Å². The first-order chi connectivity index (χ1) is 11.8. The zero-order chi connectivity index (χ0) is 16.4. The lowest BCUT2D eigenvalue weighted by atomic mass is 9.89. The van der Waals surface area contributed by atoms with Crippen LogP contribution in [-0.2, 0) is 6.54 Å². The molecule has 3 aromatic rings. The molecule has 132 valence electrons. The normalized spacial score (nSPS) is 20.5. The largest absolute Gasteiger partial charge is 0.330 e. The quantitative estimate of drug-likeness (QED) is 0.697. The Bertz CT molecular complexity index is 773. The van der Waals surface area contributed by atoms with Crippen molar-refractivity contribution in [3.05, 3.63) is 63.8 Å². The van der Waals surface area contributed by atoms with Crippen molar-refractivity contribution in [2.24, 2.45) is 11.7 Å². The van der Waals surface area contributed by atoms with E-state index in [0.29, 0.717) is 11.8 Å². The number of aromatic nitrogens is 1. The number of nitrogens with zero attached hydrogens (tertiary/aromatic N) is 2. The second-order valence-electron chi connectivity index (χ2n) is 6.36. The Kier molecular flexibility index (Phi) is 6.25. The van der Waals surface area contributed by atoms with Crippen LogP contribution in [0.2, 0.25) is 0 Å². The third-order valence-corrected chi connectivity index (χ3v) is 6.38.